The molecule has 2 aliphatic heterocycles. The van der Waals surface area contributed by atoms with Crippen LogP contribution in [0.15, 0.2) is 42.7 Å². The first-order chi connectivity index (χ1) is 15.7. The zero-order chi connectivity index (χ0) is 23.3. The topological polar surface area (TPSA) is 79.7 Å². The molecule has 1 fully saturated rings. The molecule has 2 amide bonds. The summed E-state index contributed by atoms with van der Waals surface area (Å²) in [5.74, 6) is -0.0547. The number of carbonyl (C=O) groups excluding carboxylic acids is 2. The number of ether oxygens (including phenoxy) is 1. The standard InChI is InChI=1S/C25H29N5O3/c1-25(2,3)33-24(32)29-12-10-16(11-13-29)30-15-17(14-26-30)28(4)21-9-8-20-22-18(21)6-5-7-19(22)23(31)27-20/h5-9,14-16H,10-13H2,1-4H3,(H,27,31). The van der Waals surface area contributed by atoms with Crippen LogP contribution in [0.1, 0.15) is 50.0 Å². The van der Waals surface area contributed by atoms with Crippen LogP contribution in [0.5, 0.6) is 0 Å². The predicted molar refractivity (Wildman–Crippen MR) is 128 cm³/mol. The Labute approximate surface area is 193 Å². The summed E-state index contributed by atoms with van der Waals surface area (Å²) in [7, 11) is 2.01. The lowest BCUT2D eigenvalue weighted by Crippen LogP contribution is -2.42. The Morgan fingerprint density at radius 1 is 1.18 bits per heavy atom. The molecule has 33 heavy (non-hydrogen) atoms. The number of hydrogen-bond donors (Lipinski definition) is 1. The third kappa shape index (κ3) is 3.90. The van der Waals surface area contributed by atoms with Crippen LogP contribution in [0, 0.1) is 0 Å². The number of anilines is 3. The molecular formula is C25H29N5O3. The van der Waals surface area contributed by atoms with E-state index in [-0.39, 0.29) is 18.0 Å². The lowest BCUT2D eigenvalue weighted by atomic mass is 10.0. The van der Waals surface area contributed by atoms with Crippen LogP contribution in [0.2, 0.25) is 0 Å². The molecule has 0 radical (unpaired) electrons. The van der Waals surface area contributed by atoms with Crippen molar-refractivity contribution >= 4 is 39.8 Å². The molecule has 3 heterocycles. The van der Waals surface area contributed by atoms with E-state index in [4.69, 9.17) is 4.74 Å². The molecule has 5 rings (SSSR count). The molecule has 2 aromatic carbocycles. The fourth-order valence-corrected chi connectivity index (χ4v) is 4.65. The van der Waals surface area contributed by atoms with Crippen molar-refractivity contribution in [3.8, 4) is 0 Å². The monoisotopic (exact) mass is 447 g/mol. The molecule has 172 valence electrons. The van der Waals surface area contributed by atoms with Crippen LogP contribution in [-0.2, 0) is 4.74 Å². The molecule has 0 atom stereocenters. The van der Waals surface area contributed by atoms with Crippen molar-refractivity contribution in [3.63, 3.8) is 0 Å². The largest absolute Gasteiger partial charge is 0.444 e. The Morgan fingerprint density at radius 2 is 1.94 bits per heavy atom. The van der Waals surface area contributed by atoms with E-state index in [1.165, 1.54) is 0 Å². The number of piperidine rings is 1. The molecule has 8 heteroatoms. The van der Waals surface area contributed by atoms with Crippen molar-refractivity contribution < 1.29 is 14.3 Å². The van der Waals surface area contributed by atoms with Gasteiger partial charge in [0.25, 0.3) is 5.91 Å². The predicted octanol–water partition coefficient (Wildman–Crippen LogP) is 4.94. The van der Waals surface area contributed by atoms with E-state index in [1.54, 1.807) is 4.90 Å². The van der Waals surface area contributed by atoms with Crippen LogP contribution < -0.4 is 10.2 Å². The van der Waals surface area contributed by atoms with E-state index in [0.29, 0.717) is 18.7 Å². The van der Waals surface area contributed by atoms with Crippen molar-refractivity contribution in [3.05, 3.63) is 48.3 Å². The first kappa shape index (κ1) is 21.3. The van der Waals surface area contributed by atoms with E-state index in [1.807, 2.05) is 69.0 Å². The van der Waals surface area contributed by atoms with Crippen molar-refractivity contribution in [2.24, 2.45) is 0 Å². The van der Waals surface area contributed by atoms with Crippen molar-refractivity contribution in [2.75, 3.05) is 30.4 Å². The molecule has 1 saturated heterocycles. The summed E-state index contributed by atoms with van der Waals surface area (Å²) in [6.07, 6.45) is 5.34. The van der Waals surface area contributed by atoms with Gasteiger partial charge in [-0.05, 0) is 51.8 Å². The number of benzene rings is 2. The molecule has 0 aliphatic carbocycles. The zero-order valence-corrected chi connectivity index (χ0v) is 19.5. The summed E-state index contributed by atoms with van der Waals surface area (Å²) in [6, 6.07) is 10.1. The quantitative estimate of drug-likeness (QED) is 0.615. The van der Waals surface area contributed by atoms with Crippen LogP contribution in [0.25, 0.3) is 10.8 Å². The fraction of sp³-hybridized carbons (Fsp3) is 0.400. The summed E-state index contributed by atoms with van der Waals surface area (Å²) < 4.78 is 7.50. The SMILES string of the molecule is CN(c1cnn(C2CCN(C(=O)OC(C)(C)C)CC2)c1)c1ccc2c3c(cccc13)C(=O)N2. The minimum Gasteiger partial charge on any atom is -0.444 e. The molecule has 0 saturated carbocycles. The second-order valence-corrected chi connectivity index (χ2v) is 9.75. The number of hydrogen-bond acceptors (Lipinski definition) is 5. The highest BCUT2D eigenvalue weighted by atomic mass is 16.6. The number of rotatable bonds is 3. The number of likely N-dealkylation sites (tertiary alicyclic amines) is 1. The Morgan fingerprint density at radius 3 is 2.67 bits per heavy atom. The van der Waals surface area contributed by atoms with Gasteiger partial charge in [0.15, 0.2) is 0 Å². The first-order valence-electron chi connectivity index (χ1n) is 11.3. The maximum Gasteiger partial charge on any atom is 0.410 e. The Hall–Kier alpha value is -3.55. The maximum absolute atomic E-state index is 12.3. The van der Waals surface area contributed by atoms with Crippen molar-refractivity contribution in [2.45, 2.75) is 45.3 Å². The van der Waals surface area contributed by atoms with E-state index in [2.05, 4.69) is 21.5 Å². The fourth-order valence-electron chi connectivity index (χ4n) is 4.65. The number of aromatic nitrogens is 2. The summed E-state index contributed by atoms with van der Waals surface area (Å²) in [5.41, 5.74) is 3.08. The number of amides is 2. The molecule has 1 N–H and O–H groups in total. The van der Waals surface area contributed by atoms with Gasteiger partial charge in [-0.15, -0.1) is 0 Å². The van der Waals surface area contributed by atoms with Gasteiger partial charge < -0.3 is 19.9 Å². The molecule has 0 bridgehead atoms. The van der Waals surface area contributed by atoms with Crippen LogP contribution in [0.3, 0.4) is 0 Å². The average Bonchev–Trinajstić information content (AvgIpc) is 3.39. The Balaban J connectivity index is 1.32. The minimum atomic E-state index is -0.485. The van der Waals surface area contributed by atoms with E-state index >= 15 is 0 Å². The second kappa shape index (κ2) is 7.79. The molecule has 0 unspecified atom stereocenters. The molecule has 8 nitrogen and oxygen atoms in total. The van der Waals surface area contributed by atoms with Gasteiger partial charge in [-0.25, -0.2) is 4.79 Å². The molecule has 1 aromatic heterocycles. The van der Waals surface area contributed by atoms with E-state index < -0.39 is 5.60 Å². The maximum atomic E-state index is 12.3. The summed E-state index contributed by atoms with van der Waals surface area (Å²) >= 11 is 0. The molecule has 3 aromatic rings. The Kier molecular flexibility index (Phi) is 5.03. The van der Waals surface area contributed by atoms with E-state index in [9.17, 15) is 9.59 Å². The van der Waals surface area contributed by atoms with Gasteiger partial charge >= 0.3 is 6.09 Å². The van der Waals surface area contributed by atoms with Crippen LogP contribution in [-0.4, -0.2) is 52.4 Å². The highest BCUT2D eigenvalue weighted by molar-refractivity contribution is 6.25. The number of carbonyl (C=O) groups is 2. The van der Waals surface area contributed by atoms with Gasteiger partial charge in [0.2, 0.25) is 0 Å². The van der Waals surface area contributed by atoms with Crippen LogP contribution >= 0.6 is 0 Å². The smallest absolute Gasteiger partial charge is 0.410 e. The molecule has 0 spiro atoms. The highest BCUT2D eigenvalue weighted by Crippen LogP contribution is 2.40. The van der Waals surface area contributed by atoms with Gasteiger partial charge in [-0.3, -0.25) is 9.48 Å². The third-order valence-corrected chi connectivity index (χ3v) is 6.34. The molecular weight excluding hydrogens is 418 g/mol. The van der Waals surface area contributed by atoms with Crippen LogP contribution in [0.4, 0.5) is 21.9 Å². The summed E-state index contributed by atoms with van der Waals surface area (Å²) in [5, 5.41) is 9.56. The zero-order valence-electron chi connectivity index (χ0n) is 19.5. The minimum absolute atomic E-state index is 0.0547. The van der Waals surface area contributed by atoms with E-state index in [0.717, 1.165) is 40.7 Å². The average molecular weight is 448 g/mol. The lowest BCUT2D eigenvalue weighted by molar-refractivity contribution is 0.0184. The van der Waals surface area contributed by atoms with Crippen molar-refractivity contribution in [1.29, 1.82) is 0 Å². The van der Waals surface area contributed by atoms with Gasteiger partial charge in [-0.2, -0.15) is 5.10 Å². The first-order valence-corrected chi connectivity index (χ1v) is 11.3. The highest BCUT2D eigenvalue weighted by Gasteiger charge is 2.28. The number of nitrogens with zero attached hydrogens (tertiary/aromatic N) is 4. The summed E-state index contributed by atoms with van der Waals surface area (Å²) in [6.45, 7) is 6.96. The van der Waals surface area contributed by atoms with Gasteiger partial charge in [0, 0.05) is 54.0 Å². The number of nitrogens with one attached hydrogen (secondary N) is 1. The third-order valence-electron chi connectivity index (χ3n) is 6.34. The van der Waals surface area contributed by atoms with Gasteiger partial charge in [0.05, 0.1) is 17.9 Å². The second-order valence-electron chi connectivity index (χ2n) is 9.75. The summed E-state index contributed by atoms with van der Waals surface area (Å²) in [4.78, 5) is 28.5. The molecule has 2 aliphatic rings. The van der Waals surface area contributed by atoms with Gasteiger partial charge in [0.1, 0.15) is 5.60 Å². The normalized spacial score (nSPS) is 16.2. The van der Waals surface area contributed by atoms with Gasteiger partial charge in [-0.1, -0.05) is 12.1 Å². The Bertz CT molecular complexity index is 1230. The lowest BCUT2D eigenvalue weighted by Gasteiger charge is -2.33. The van der Waals surface area contributed by atoms with Crippen molar-refractivity contribution in [1.82, 2.24) is 14.7 Å².